The summed E-state index contributed by atoms with van der Waals surface area (Å²) in [5, 5.41) is 2.86. The number of rotatable bonds is 7. The summed E-state index contributed by atoms with van der Waals surface area (Å²) >= 11 is 0. The normalized spacial score (nSPS) is 20.9. The lowest BCUT2D eigenvalue weighted by atomic mass is 9.82. The highest BCUT2D eigenvalue weighted by atomic mass is 16.1. The fourth-order valence-electron chi connectivity index (χ4n) is 2.95. The van der Waals surface area contributed by atoms with Gasteiger partial charge in [0.2, 0.25) is 5.91 Å². The van der Waals surface area contributed by atoms with Gasteiger partial charge in [-0.1, -0.05) is 13.8 Å². The van der Waals surface area contributed by atoms with Gasteiger partial charge in [0.15, 0.2) is 0 Å². The SMILES string of the molecule is CCNC(=O)CC(CN)N1CCC(CC)(CC)C1. The first-order valence-electron chi connectivity index (χ1n) is 7.31. The van der Waals surface area contributed by atoms with Crippen LogP contribution in [-0.4, -0.2) is 43.0 Å². The number of amides is 1. The molecule has 0 radical (unpaired) electrons. The van der Waals surface area contributed by atoms with Crippen LogP contribution in [0.15, 0.2) is 0 Å². The molecular weight excluding hydrogens is 226 g/mol. The summed E-state index contributed by atoms with van der Waals surface area (Å²) in [7, 11) is 0. The molecule has 0 aromatic rings. The Labute approximate surface area is 111 Å². The van der Waals surface area contributed by atoms with E-state index >= 15 is 0 Å². The molecule has 1 fully saturated rings. The van der Waals surface area contributed by atoms with E-state index in [0.29, 0.717) is 24.9 Å². The zero-order valence-electron chi connectivity index (χ0n) is 12.2. The molecule has 1 atom stereocenters. The van der Waals surface area contributed by atoms with Crippen molar-refractivity contribution in [1.82, 2.24) is 10.2 Å². The molecule has 1 aliphatic heterocycles. The highest BCUT2D eigenvalue weighted by Gasteiger charge is 2.37. The van der Waals surface area contributed by atoms with Crippen molar-refractivity contribution in [3.63, 3.8) is 0 Å². The minimum Gasteiger partial charge on any atom is -0.356 e. The highest BCUT2D eigenvalue weighted by Crippen LogP contribution is 2.37. The minimum atomic E-state index is 0.124. The van der Waals surface area contributed by atoms with E-state index in [2.05, 4.69) is 24.1 Å². The maximum Gasteiger partial charge on any atom is 0.221 e. The molecule has 0 aromatic heterocycles. The maximum absolute atomic E-state index is 11.7. The largest absolute Gasteiger partial charge is 0.356 e. The van der Waals surface area contributed by atoms with Gasteiger partial charge in [-0.05, 0) is 38.1 Å². The van der Waals surface area contributed by atoms with Gasteiger partial charge in [0.25, 0.3) is 0 Å². The number of nitrogens with one attached hydrogen (secondary N) is 1. The van der Waals surface area contributed by atoms with Gasteiger partial charge in [-0.15, -0.1) is 0 Å². The Hall–Kier alpha value is -0.610. The van der Waals surface area contributed by atoms with Crippen LogP contribution < -0.4 is 11.1 Å². The molecule has 4 nitrogen and oxygen atoms in total. The molecule has 0 aromatic carbocycles. The number of nitrogens with zero attached hydrogens (tertiary/aromatic N) is 1. The second kappa shape index (κ2) is 7.10. The molecule has 1 aliphatic rings. The Morgan fingerprint density at radius 1 is 1.39 bits per heavy atom. The second-order valence-electron chi connectivity index (χ2n) is 5.47. The number of nitrogens with two attached hydrogens (primary N) is 1. The Balaban J connectivity index is 2.54. The zero-order chi connectivity index (χ0) is 13.6. The van der Waals surface area contributed by atoms with Crippen molar-refractivity contribution >= 4 is 5.91 Å². The quantitative estimate of drug-likeness (QED) is 0.722. The monoisotopic (exact) mass is 255 g/mol. The summed E-state index contributed by atoms with van der Waals surface area (Å²) in [4.78, 5) is 14.1. The van der Waals surface area contributed by atoms with Crippen LogP contribution in [0.3, 0.4) is 0 Å². The van der Waals surface area contributed by atoms with Crippen LogP contribution >= 0.6 is 0 Å². The Morgan fingerprint density at radius 2 is 2.06 bits per heavy atom. The first kappa shape index (κ1) is 15.4. The third-order valence-corrected chi connectivity index (χ3v) is 4.55. The molecule has 106 valence electrons. The average Bonchev–Trinajstić information content (AvgIpc) is 2.81. The van der Waals surface area contributed by atoms with Crippen LogP contribution in [0.5, 0.6) is 0 Å². The topological polar surface area (TPSA) is 58.4 Å². The van der Waals surface area contributed by atoms with Gasteiger partial charge in [-0.2, -0.15) is 0 Å². The lowest BCUT2D eigenvalue weighted by Gasteiger charge is -2.30. The van der Waals surface area contributed by atoms with Crippen LogP contribution in [0, 0.1) is 5.41 Å². The van der Waals surface area contributed by atoms with E-state index in [9.17, 15) is 4.79 Å². The van der Waals surface area contributed by atoms with Gasteiger partial charge in [0.05, 0.1) is 0 Å². The zero-order valence-corrected chi connectivity index (χ0v) is 12.2. The molecule has 0 spiro atoms. The van der Waals surface area contributed by atoms with Crippen LogP contribution in [-0.2, 0) is 4.79 Å². The first-order valence-corrected chi connectivity index (χ1v) is 7.31. The molecule has 1 heterocycles. The number of carbonyl (C=O) groups excluding carboxylic acids is 1. The number of carbonyl (C=O) groups is 1. The van der Waals surface area contributed by atoms with Gasteiger partial charge in [-0.3, -0.25) is 9.69 Å². The predicted molar refractivity (Wildman–Crippen MR) is 75.3 cm³/mol. The molecule has 1 rings (SSSR count). The van der Waals surface area contributed by atoms with Gasteiger partial charge in [-0.25, -0.2) is 0 Å². The molecule has 3 N–H and O–H groups in total. The van der Waals surface area contributed by atoms with Crippen molar-refractivity contribution in [1.29, 1.82) is 0 Å². The van der Waals surface area contributed by atoms with E-state index in [1.807, 2.05) is 6.92 Å². The van der Waals surface area contributed by atoms with Crippen LogP contribution in [0.2, 0.25) is 0 Å². The van der Waals surface area contributed by atoms with E-state index in [-0.39, 0.29) is 11.9 Å². The smallest absolute Gasteiger partial charge is 0.221 e. The summed E-state index contributed by atoms with van der Waals surface area (Å²) in [5.41, 5.74) is 6.30. The van der Waals surface area contributed by atoms with Crippen molar-refractivity contribution in [3.8, 4) is 0 Å². The van der Waals surface area contributed by atoms with Gasteiger partial charge in [0.1, 0.15) is 0 Å². The maximum atomic E-state index is 11.7. The molecular formula is C14H29N3O. The van der Waals surface area contributed by atoms with E-state index in [0.717, 1.165) is 13.1 Å². The lowest BCUT2D eigenvalue weighted by Crippen LogP contribution is -2.43. The van der Waals surface area contributed by atoms with Gasteiger partial charge >= 0.3 is 0 Å². The van der Waals surface area contributed by atoms with E-state index in [1.165, 1.54) is 19.3 Å². The molecule has 4 heteroatoms. The standard InChI is InChI=1S/C14H29N3O/c1-4-14(5-2)7-8-17(11-14)12(10-15)9-13(18)16-6-3/h12H,4-11,15H2,1-3H3,(H,16,18). The molecule has 1 unspecified atom stereocenters. The third-order valence-electron chi connectivity index (χ3n) is 4.55. The van der Waals surface area contributed by atoms with Crippen molar-refractivity contribution in [3.05, 3.63) is 0 Å². The van der Waals surface area contributed by atoms with Gasteiger partial charge in [0, 0.05) is 32.1 Å². The summed E-state index contributed by atoms with van der Waals surface area (Å²) < 4.78 is 0. The molecule has 1 saturated heterocycles. The Bertz CT molecular complexity index is 264. The highest BCUT2D eigenvalue weighted by molar-refractivity contribution is 5.76. The molecule has 0 saturated carbocycles. The molecule has 0 bridgehead atoms. The van der Waals surface area contributed by atoms with Crippen molar-refractivity contribution in [2.24, 2.45) is 11.1 Å². The van der Waals surface area contributed by atoms with Crippen molar-refractivity contribution < 1.29 is 4.79 Å². The molecule has 1 amide bonds. The Kier molecular flexibility index (Phi) is 6.09. The van der Waals surface area contributed by atoms with E-state index < -0.39 is 0 Å². The minimum absolute atomic E-state index is 0.124. The molecule has 18 heavy (non-hydrogen) atoms. The number of hydrogen-bond donors (Lipinski definition) is 2. The van der Waals surface area contributed by atoms with E-state index in [1.54, 1.807) is 0 Å². The summed E-state index contributed by atoms with van der Waals surface area (Å²) in [5.74, 6) is 0.124. The first-order chi connectivity index (χ1) is 8.60. The lowest BCUT2D eigenvalue weighted by molar-refractivity contribution is -0.122. The average molecular weight is 255 g/mol. The van der Waals surface area contributed by atoms with Crippen LogP contribution in [0.1, 0.15) is 46.5 Å². The third kappa shape index (κ3) is 3.69. The Morgan fingerprint density at radius 3 is 2.50 bits per heavy atom. The van der Waals surface area contributed by atoms with Crippen molar-refractivity contribution in [2.75, 3.05) is 26.2 Å². The summed E-state index contributed by atoms with van der Waals surface area (Å²) in [6.45, 7) is 9.95. The molecule has 0 aliphatic carbocycles. The summed E-state index contributed by atoms with van der Waals surface area (Å²) in [6.07, 6.45) is 4.22. The van der Waals surface area contributed by atoms with Crippen LogP contribution in [0.4, 0.5) is 0 Å². The van der Waals surface area contributed by atoms with E-state index in [4.69, 9.17) is 5.73 Å². The fourth-order valence-corrected chi connectivity index (χ4v) is 2.95. The fraction of sp³-hybridized carbons (Fsp3) is 0.929. The van der Waals surface area contributed by atoms with Crippen LogP contribution in [0.25, 0.3) is 0 Å². The van der Waals surface area contributed by atoms with Gasteiger partial charge < -0.3 is 11.1 Å². The number of hydrogen-bond acceptors (Lipinski definition) is 3. The second-order valence-corrected chi connectivity index (χ2v) is 5.47. The number of likely N-dealkylation sites (tertiary alicyclic amines) is 1. The van der Waals surface area contributed by atoms with Crippen molar-refractivity contribution in [2.45, 2.75) is 52.5 Å². The predicted octanol–water partition coefficient (Wildman–Crippen LogP) is 1.35. The summed E-state index contributed by atoms with van der Waals surface area (Å²) in [6, 6.07) is 0.205.